The standard InChI is InChI=1S/C92H68N2O2/c1-57-51-61(37-47-83(57)93(67-41-31-59(32-42-67)63-39-49-89-77(53-63)75-23-11-17-29-87(75)95-89)85-27-15-9-19-69(85)65-35-45-73-71-21-7-13-25-79(71)91(3,4)81(73)55-65)62-38-48-84(58(2)52-62)94(68-43-33-60(34-44-68)64-40-50-90-78(54-64)76-24-12-18-30-88(76)96-90)86-28-16-10-20-70(86)66-36-46-74-72-22-8-14-26-80(72)92(5,6)82(74)56-66/h7-56H,1-6H3. The molecule has 14 aromatic carbocycles. The molecule has 0 spiro atoms. The van der Waals surface area contributed by atoms with E-state index >= 15 is 0 Å². The minimum atomic E-state index is -0.141. The van der Waals surface area contributed by atoms with Gasteiger partial charge in [0.15, 0.2) is 0 Å². The van der Waals surface area contributed by atoms with Gasteiger partial charge >= 0.3 is 0 Å². The molecule has 0 atom stereocenters. The number of benzene rings is 14. The first kappa shape index (κ1) is 57.0. The van der Waals surface area contributed by atoms with E-state index in [9.17, 15) is 0 Å². The number of furan rings is 2. The summed E-state index contributed by atoms with van der Waals surface area (Å²) in [6, 6.07) is 112. The highest BCUT2D eigenvalue weighted by molar-refractivity contribution is 6.08. The zero-order chi connectivity index (χ0) is 64.6. The maximum atomic E-state index is 6.25. The Morgan fingerprint density at radius 1 is 0.229 bits per heavy atom. The van der Waals surface area contributed by atoms with Gasteiger partial charge in [0.25, 0.3) is 0 Å². The Hall–Kier alpha value is -11.7. The van der Waals surface area contributed by atoms with E-state index in [1.165, 1.54) is 66.8 Å². The highest BCUT2D eigenvalue weighted by atomic mass is 16.3. The van der Waals surface area contributed by atoms with Crippen LogP contribution in [-0.4, -0.2) is 0 Å². The molecule has 0 radical (unpaired) electrons. The molecule has 0 saturated heterocycles. The summed E-state index contributed by atoms with van der Waals surface area (Å²) in [6.07, 6.45) is 0. The second kappa shape index (κ2) is 21.9. The van der Waals surface area contributed by atoms with Crippen LogP contribution >= 0.6 is 0 Å². The van der Waals surface area contributed by atoms with E-state index in [-0.39, 0.29) is 10.8 Å². The first-order valence-electron chi connectivity index (χ1n) is 33.4. The monoisotopic (exact) mass is 1230 g/mol. The zero-order valence-electron chi connectivity index (χ0n) is 54.6. The van der Waals surface area contributed by atoms with Crippen LogP contribution in [0.1, 0.15) is 61.1 Å². The Labute approximate surface area is 560 Å². The summed E-state index contributed by atoms with van der Waals surface area (Å²) < 4.78 is 12.5. The van der Waals surface area contributed by atoms with Crippen molar-refractivity contribution in [2.45, 2.75) is 52.4 Å². The van der Waals surface area contributed by atoms with Gasteiger partial charge in [-0.3, -0.25) is 0 Å². The van der Waals surface area contributed by atoms with Crippen molar-refractivity contribution in [1.82, 2.24) is 0 Å². The quantitative estimate of drug-likeness (QED) is 0.129. The van der Waals surface area contributed by atoms with Gasteiger partial charge in [-0.05, 0) is 223 Å². The molecule has 4 heteroatoms. The first-order valence-corrected chi connectivity index (χ1v) is 33.4. The Bertz CT molecular complexity index is 5460. The largest absolute Gasteiger partial charge is 0.456 e. The molecule has 0 fully saturated rings. The van der Waals surface area contributed by atoms with Gasteiger partial charge in [0.05, 0.1) is 11.4 Å². The number of fused-ring (bicyclic) bond motifs is 12. The van der Waals surface area contributed by atoms with E-state index in [0.29, 0.717) is 0 Å². The lowest BCUT2D eigenvalue weighted by Gasteiger charge is -2.30. The fourth-order valence-electron chi connectivity index (χ4n) is 16.0. The summed E-state index contributed by atoms with van der Waals surface area (Å²) in [5.41, 5.74) is 34.5. The van der Waals surface area contributed by atoms with Gasteiger partial charge in [0.1, 0.15) is 22.3 Å². The van der Waals surface area contributed by atoms with Crippen molar-refractivity contribution in [2.24, 2.45) is 0 Å². The second-order valence-electron chi connectivity index (χ2n) is 27.3. The maximum absolute atomic E-state index is 6.25. The lowest BCUT2D eigenvalue weighted by Crippen LogP contribution is -2.15. The Morgan fingerprint density at radius 3 is 0.979 bits per heavy atom. The topological polar surface area (TPSA) is 32.8 Å². The molecule has 18 rings (SSSR count). The molecule has 4 nitrogen and oxygen atoms in total. The maximum Gasteiger partial charge on any atom is 0.135 e. The summed E-state index contributed by atoms with van der Waals surface area (Å²) in [4.78, 5) is 4.93. The van der Waals surface area contributed by atoms with E-state index in [1.807, 2.05) is 24.3 Å². The number of rotatable bonds is 11. The van der Waals surface area contributed by atoms with Gasteiger partial charge in [-0.25, -0.2) is 0 Å². The lowest BCUT2D eigenvalue weighted by molar-refractivity contribution is 0.660. The van der Waals surface area contributed by atoms with Gasteiger partial charge < -0.3 is 18.6 Å². The average Bonchev–Trinajstić information content (AvgIpc) is 1.61. The number of aryl methyl sites for hydroxylation is 2. The molecule has 0 unspecified atom stereocenters. The molecule has 2 aromatic heterocycles. The van der Waals surface area contributed by atoms with Crippen molar-refractivity contribution in [3.63, 3.8) is 0 Å². The molecule has 0 aliphatic heterocycles. The summed E-state index contributed by atoms with van der Waals surface area (Å²) in [6.45, 7) is 14.0. The minimum absolute atomic E-state index is 0.141. The van der Waals surface area contributed by atoms with Gasteiger partial charge in [-0.2, -0.15) is 0 Å². The van der Waals surface area contributed by atoms with Crippen LogP contribution in [-0.2, 0) is 10.8 Å². The third-order valence-corrected chi connectivity index (χ3v) is 21.0. The van der Waals surface area contributed by atoms with E-state index < -0.39 is 0 Å². The molecule has 96 heavy (non-hydrogen) atoms. The fourth-order valence-corrected chi connectivity index (χ4v) is 16.0. The van der Waals surface area contributed by atoms with Crippen LogP contribution in [0.4, 0.5) is 34.1 Å². The molecule has 0 N–H and O–H groups in total. The van der Waals surface area contributed by atoms with Crippen molar-refractivity contribution in [2.75, 3.05) is 9.80 Å². The molecular formula is C92H68N2O2. The second-order valence-corrected chi connectivity index (χ2v) is 27.3. The highest BCUT2D eigenvalue weighted by Gasteiger charge is 2.37. The summed E-state index contributed by atoms with van der Waals surface area (Å²) >= 11 is 0. The minimum Gasteiger partial charge on any atom is -0.456 e. The van der Waals surface area contributed by atoms with Gasteiger partial charge in [-0.1, -0.05) is 222 Å². The zero-order valence-corrected chi connectivity index (χ0v) is 54.6. The van der Waals surface area contributed by atoms with Gasteiger partial charge in [0, 0.05) is 66.3 Å². The number of hydrogen-bond donors (Lipinski definition) is 0. The van der Waals surface area contributed by atoms with Crippen LogP contribution in [0, 0.1) is 13.8 Å². The predicted molar refractivity (Wildman–Crippen MR) is 402 cm³/mol. The van der Waals surface area contributed by atoms with E-state index in [0.717, 1.165) is 123 Å². The van der Waals surface area contributed by atoms with Crippen LogP contribution in [0.2, 0.25) is 0 Å². The van der Waals surface area contributed by atoms with Crippen molar-refractivity contribution >= 4 is 78.0 Å². The molecule has 2 heterocycles. The van der Waals surface area contributed by atoms with Crippen LogP contribution < -0.4 is 9.80 Å². The van der Waals surface area contributed by atoms with Crippen LogP contribution in [0.15, 0.2) is 312 Å². The van der Waals surface area contributed by atoms with Crippen LogP contribution in [0.5, 0.6) is 0 Å². The van der Waals surface area contributed by atoms with E-state index in [1.54, 1.807) is 0 Å². The predicted octanol–water partition coefficient (Wildman–Crippen LogP) is 26.0. The molecular weight excluding hydrogens is 1170 g/mol. The third-order valence-electron chi connectivity index (χ3n) is 21.0. The number of para-hydroxylation sites is 4. The molecule has 0 saturated carbocycles. The highest BCUT2D eigenvalue weighted by Crippen LogP contribution is 2.54. The molecule has 16 aromatic rings. The van der Waals surface area contributed by atoms with Crippen LogP contribution in [0.3, 0.4) is 0 Å². The number of anilines is 6. The molecule has 458 valence electrons. The normalized spacial score (nSPS) is 13.3. The lowest BCUT2D eigenvalue weighted by atomic mass is 9.81. The smallest absolute Gasteiger partial charge is 0.135 e. The SMILES string of the molecule is Cc1cc(-c2ccc(N(c3ccc(-c4ccc5oc6ccccc6c5c4)cc3)c3ccccc3-c3ccc4c(c3)C(C)(C)c3ccccc3-4)c(C)c2)ccc1N(c1ccc(-c2ccc3oc4ccccc4c3c2)cc1)c1ccccc1-c1ccc2c(c1)C(C)(C)c1ccccc1-2. The Balaban J connectivity index is 0.735. The van der Waals surface area contributed by atoms with Gasteiger partial charge in [0.2, 0.25) is 0 Å². The average molecular weight is 1230 g/mol. The third kappa shape index (κ3) is 9.11. The Kier molecular flexibility index (Phi) is 13.0. The van der Waals surface area contributed by atoms with Crippen molar-refractivity contribution in [1.29, 1.82) is 0 Å². The number of nitrogens with zero attached hydrogens (tertiary/aromatic N) is 2. The van der Waals surface area contributed by atoms with Crippen LogP contribution in [0.25, 0.3) is 122 Å². The summed E-state index contributed by atoms with van der Waals surface area (Å²) in [7, 11) is 0. The number of hydrogen-bond acceptors (Lipinski definition) is 4. The Morgan fingerprint density at radius 2 is 0.552 bits per heavy atom. The molecule has 2 aliphatic rings. The summed E-state index contributed by atoms with van der Waals surface area (Å²) in [5, 5.41) is 4.49. The van der Waals surface area contributed by atoms with Crippen molar-refractivity contribution in [3.8, 4) is 77.9 Å². The first-order chi connectivity index (χ1) is 46.9. The van der Waals surface area contributed by atoms with Crippen molar-refractivity contribution < 1.29 is 8.83 Å². The molecule has 0 amide bonds. The van der Waals surface area contributed by atoms with Gasteiger partial charge in [-0.15, -0.1) is 0 Å². The van der Waals surface area contributed by atoms with E-state index in [2.05, 4.69) is 330 Å². The molecule has 2 aliphatic carbocycles. The fraction of sp³-hybridized carbons (Fsp3) is 0.0870. The summed E-state index contributed by atoms with van der Waals surface area (Å²) in [5.74, 6) is 0. The van der Waals surface area contributed by atoms with E-state index in [4.69, 9.17) is 8.83 Å². The van der Waals surface area contributed by atoms with Crippen molar-refractivity contribution in [3.05, 3.63) is 337 Å². The molecule has 0 bridgehead atoms.